The summed E-state index contributed by atoms with van der Waals surface area (Å²) in [7, 11) is 1.64. The van der Waals surface area contributed by atoms with Gasteiger partial charge in [-0.05, 0) is 49.1 Å². The molecule has 0 N–H and O–H groups in total. The zero-order valence-electron chi connectivity index (χ0n) is 19.5. The zero-order chi connectivity index (χ0) is 23.6. The first kappa shape index (κ1) is 23.7. The highest BCUT2D eigenvalue weighted by atomic mass is 35.5. The Labute approximate surface area is 205 Å². The quantitative estimate of drug-likeness (QED) is 0.317. The first-order valence-corrected chi connectivity index (χ1v) is 12.3. The van der Waals surface area contributed by atoms with Crippen molar-refractivity contribution in [3.63, 3.8) is 0 Å². The molecule has 33 heavy (non-hydrogen) atoms. The van der Waals surface area contributed by atoms with E-state index in [4.69, 9.17) is 37.2 Å². The lowest BCUT2D eigenvalue weighted by molar-refractivity contribution is 0.0962. The monoisotopic (exact) mass is 484 g/mol. The molecule has 0 amide bonds. The zero-order valence-corrected chi connectivity index (χ0v) is 21.1. The Morgan fingerprint density at radius 3 is 2.82 bits per heavy atom. The van der Waals surface area contributed by atoms with Crippen molar-refractivity contribution >= 4 is 33.6 Å². The third kappa shape index (κ3) is 4.63. The van der Waals surface area contributed by atoms with Crippen molar-refractivity contribution < 1.29 is 14.2 Å². The Kier molecular flexibility index (Phi) is 7.04. The summed E-state index contributed by atoms with van der Waals surface area (Å²) in [6, 6.07) is 6.22. The van der Waals surface area contributed by atoms with Crippen LogP contribution in [0.3, 0.4) is 0 Å². The van der Waals surface area contributed by atoms with E-state index in [0.29, 0.717) is 13.0 Å². The average Bonchev–Trinajstić information content (AvgIpc) is 3.44. The highest BCUT2D eigenvalue weighted by Crippen LogP contribution is 2.42. The van der Waals surface area contributed by atoms with Gasteiger partial charge in [0.25, 0.3) is 0 Å². The standard InChI is InChI=1S/C26H29ClN2O3S/c1-6-8-21(19-9-10-22-23(15-19)32-16-31-22)29(13-7-2)25-28-24(18(4)33-25)20-11-12-26(27,30-5)17(3)14-20/h2,9-11,14-15,21H,6,8,12-13,16H2,1,3-5H3/t21-,26?/m0/s1. The van der Waals surface area contributed by atoms with Crippen LogP contribution >= 0.6 is 22.9 Å². The number of rotatable bonds is 8. The fourth-order valence-corrected chi connectivity index (χ4v) is 5.40. The number of halogens is 1. The highest BCUT2D eigenvalue weighted by Gasteiger charge is 2.32. The first-order chi connectivity index (χ1) is 15.9. The van der Waals surface area contributed by atoms with E-state index >= 15 is 0 Å². The summed E-state index contributed by atoms with van der Waals surface area (Å²) in [5.74, 6) is 4.40. The van der Waals surface area contributed by atoms with Gasteiger partial charge in [-0.15, -0.1) is 17.8 Å². The van der Waals surface area contributed by atoms with E-state index < -0.39 is 5.06 Å². The molecule has 1 aliphatic carbocycles. The largest absolute Gasteiger partial charge is 0.454 e. The SMILES string of the molecule is C#CCN(c1nc(C2=CCC(Cl)(OC)C(C)=C2)c(C)s1)[C@@H](CCC)c1ccc2c(c1)OCO2. The van der Waals surface area contributed by atoms with Crippen LogP contribution in [0.1, 0.15) is 55.3 Å². The third-order valence-corrected chi connectivity index (χ3v) is 7.77. The van der Waals surface area contributed by atoms with Gasteiger partial charge in [0.15, 0.2) is 21.7 Å². The molecular weight excluding hydrogens is 456 g/mol. The molecule has 1 aromatic carbocycles. The summed E-state index contributed by atoms with van der Waals surface area (Å²) in [6.07, 6.45) is 12.5. The maximum absolute atomic E-state index is 6.58. The number of benzene rings is 1. The van der Waals surface area contributed by atoms with Crippen molar-refractivity contribution in [2.24, 2.45) is 0 Å². The molecule has 2 heterocycles. The number of hydrogen-bond acceptors (Lipinski definition) is 6. The van der Waals surface area contributed by atoms with Gasteiger partial charge >= 0.3 is 0 Å². The fourth-order valence-electron chi connectivity index (χ4n) is 4.29. The van der Waals surface area contributed by atoms with Crippen LogP contribution < -0.4 is 14.4 Å². The Balaban J connectivity index is 1.69. The summed E-state index contributed by atoms with van der Waals surface area (Å²) in [5.41, 5.74) is 4.15. The van der Waals surface area contributed by atoms with E-state index in [1.165, 1.54) is 0 Å². The molecule has 2 atom stereocenters. The molecule has 4 rings (SSSR count). The van der Waals surface area contributed by atoms with Crippen LogP contribution in [0, 0.1) is 19.3 Å². The van der Waals surface area contributed by atoms with E-state index in [1.54, 1.807) is 18.4 Å². The lowest BCUT2D eigenvalue weighted by atomic mass is 9.95. The highest BCUT2D eigenvalue weighted by molar-refractivity contribution is 7.15. The van der Waals surface area contributed by atoms with Crippen molar-refractivity contribution in [2.45, 2.75) is 51.1 Å². The number of fused-ring (bicyclic) bond motifs is 1. The minimum atomic E-state index is -0.780. The summed E-state index contributed by atoms with van der Waals surface area (Å²) in [5, 5.41) is 0.134. The number of alkyl halides is 1. The number of thiazole rings is 1. The predicted octanol–water partition coefficient (Wildman–Crippen LogP) is 6.48. The second-order valence-corrected chi connectivity index (χ2v) is 10.1. The van der Waals surface area contributed by atoms with Gasteiger partial charge in [-0.25, -0.2) is 4.98 Å². The van der Waals surface area contributed by atoms with Crippen LogP contribution in [0.25, 0.3) is 5.57 Å². The molecule has 0 fully saturated rings. The predicted molar refractivity (Wildman–Crippen MR) is 135 cm³/mol. The van der Waals surface area contributed by atoms with E-state index in [0.717, 1.165) is 56.8 Å². The Hall–Kier alpha value is -2.46. The van der Waals surface area contributed by atoms with Gasteiger partial charge in [-0.2, -0.15) is 0 Å². The molecule has 174 valence electrons. The van der Waals surface area contributed by atoms with Crippen molar-refractivity contribution in [1.82, 2.24) is 4.98 Å². The van der Waals surface area contributed by atoms with E-state index in [-0.39, 0.29) is 12.8 Å². The molecule has 1 aliphatic heterocycles. The van der Waals surface area contributed by atoms with Crippen LogP contribution in [-0.2, 0) is 4.74 Å². The summed E-state index contributed by atoms with van der Waals surface area (Å²) < 4.78 is 16.6. The van der Waals surface area contributed by atoms with Gasteiger partial charge in [0.1, 0.15) is 0 Å². The van der Waals surface area contributed by atoms with Gasteiger partial charge < -0.3 is 19.1 Å². The van der Waals surface area contributed by atoms with Crippen LogP contribution in [0.15, 0.2) is 35.9 Å². The fraction of sp³-hybridized carbons (Fsp3) is 0.423. The molecule has 7 heteroatoms. The number of aromatic nitrogens is 1. The van der Waals surface area contributed by atoms with Crippen molar-refractivity contribution in [3.05, 3.63) is 52.1 Å². The molecular formula is C26H29ClN2O3S. The van der Waals surface area contributed by atoms with Crippen molar-refractivity contribution in [1.29, 1.82) is 0 Å². The lowest BCUT2D eigenvalue weighted by Crippen LogP contribution is -2.29. The van der Waals surface area contributed by atoms with Gasteiger partial charge in [0.05, 0.1) is 18.3 Å². The average molecular weight is 485 g/mol. The maximum Gasteiger partial charge on any atom is 0.231 e. The molecule has 1 aromatic heterocycles. The Morgan fingerprint density at radius 2 is 2.12 bits per heavy atom. The molecule has 0 saturated carbocycles. The normalized spacial score (nSPS) is 20.1. The first-order valence-electron chi connectivity index (χ1n) is 11.1. The second kappa shape index (κ2) is 9.80. The number of methoxy groups -OCH3 is 1. The molecule has 0 saturated heterocycles. The van der Waals surface area contributed by atoms with Gasteiger partial charge in [0, 0.05) is 18.4 Å². The van der Waals surface area contributed by atoms with Gasteiger partial charge in [-0.1, -0.05) is 49.1 Å². The number of aryl methyl sites for hydroxylation is 1. The van der Waals surface area contributed by atoms with E-state index in [9.17, 15) is 0 Å². The molecule has 5 nitrogen and oxygen atoms in total. The van der Waals surface area contributed by atoms with Crippen LogP contribution in [0.2, 0.25) is 0 Å². The minimum absolute atomic E-state index is 0.0838. The van der Waals surface area contributed by atoms with Gasteiger partial charge in [-0.3, -0.25) is 0 Å². The number of anilines is 1. The number of ether oxygens (including phenoxy) is 3. The third-order valence-electron chi connectivity index (χ3n) is 6.15. The van der Waals surface area contributed by atoms with Crippen LogP contribution in [0.4, 0.5) is 5.13 Å². The molecule has 2 aliphatic rings. The van der Waals surface area contributed by atoms with Crippen molar-refractivity contribution in [3.8, 4) is 23.8 Å². The second-order valence-electron chi connectivity index (χ2n) is 8.27. The summed E-state index contributed by atoms with van der Waals surface area (Å²) in [4.78, 5) is 8.42. The van der Waals surface area contributed by atoms with Crippen LogP contribution in [0.5, 0.6) is 11.5 Å². The topological polar surface area (TPSA) is 43.8 Å². The lowest BCUT2D eigenvalue weighted by Gasteiger charge is -2.30. The van der Waals surface area contributed by atoms with E-state index in [1.807, 2.05) is 13.0 Å². The number of allylic oxidation sites excluding steroid dienone is 2. The molecule has 0 spiro atoms. The Morgan fingerprint density at radius 1 is 1.33 bits per heavy atom. The number of hydrogen-bond donors (Lipinski definition) is 0. The Bertz CT molecular complexity index is 1130. The molecule has 1 unspecified atom stereocenters. The smallest absolute Gasteiger partial charge is 0.231 e. The van der Waals surface area contributed by atoms with Gasteiger partial charge in [0.2, 0.25) is 6.79 Å². The summed E-state index contributed by atoms with van der Waals surface area (Å²) in [6.45, 7) is 7.00. The summed E-state index contributed by atoms with van der Waals surface area (Å²) >= 11 is 8.25. The van der Waals surface area contributed by atoms with Crippen LogP contribution in [-0.4, -0.2) is 30.5 Å². The minimum Gasteiger partial charge on any atom is -0.454 e. The number of nitrogens with zero attached hydrogens (tertiary/aromatic N) is 2. The van der Waals surface area contributed by atoms with Crippen molar-refractivity contribution in [2.75, 3.05) is 25.3 Å². The van der Waals surface area contributed by atoms with E-state index in [2.05, 4.69) is 49.0 Å². The molecule has 0 radical (unpaired) electrons. The maximum atomic E-state index is 6.58. The number of terminal acetylenes is 1. The molecule has 2 aromatic rings. The molecule has 0 bridgehead atoms.